The number of esters is 1. The Kier molecular flexibility index (Phi) is 7.32. The first-order chi connectivity index (χ1) is 14.3. The maximum atomic E-state index is 13.0. The van der Waals surface area contributed by atoms with Crippen molar-refractivity contribution in [3.05, 3.63) is 66.2 Å². The Labute approximate surface area is 180 Å². The van der Waals surface area contributed by atoms with E-state index in [0.717, 1.165) is 24.9 Å². The van der Waals surface area contributed by atoms with Gasteiger partial charge in [0.25, 0.3) is 0 Å². The molecule has 2 aromatic carbocycles. The lowest BCUT2D eigenvalue weighted by molar-refractivity contribution is -0.150. The van der Waals surface area contributed by atoms with Crippen LogP contribution in [0.1, 0.15) is 45.1 Å². The van der Waals surface area contributed by atoms with Crippen LogP contribution in [0.5, 0.6) is 0 Å². The Morgan fingerprint density at radius 2 is 1.70 bits per heavy atom. The topological polar surface area (TPSA) is 63.7 Å². The molecule has 0 radical (unpaired) electrons. The number of benzene rings is 2. The molecule has 6 heteroatoms. The zero-order chi connectivity index (χ0) is 21.6. The summed E-state index contributed by atoms with van der Waals surface area (Å²) < 4.78 is 30.6. The molecule has 30 heavy (non-hydrogen) atoms. The van der Waals surface area contributed by atoms with Crippen molar-refractivity contribution < 1.29 is 17.9 Å². The van der Waals surface area contributed by atoms with E-state index in [4.69, 9.17) is 4.74 Å². The van der Waals surface area contributed by atoms with Gasteiger partial charge in [0.1, 0.15) is 12.6 Å². The molecule has 1 aliphatic rings. The molecular weight excluding hydrogens is 398 g/mol. The van der Waals surface area contributed by atoms with E-state index in [1.54, 1.807) is 38.1 Å². The molecule has 0 saturated carbocycles. The number of carbonyl (C=O) groups excluding carboxylic acids is 1. The fourth-order valence-electron chi connectivity index (χ4n) is 3.95. The Bertz CT molecular complexity index is 926. The molecule has 0 spiro atoms. The van der Waals surface area contributed by atoms with E-state index < -0.39 is 14.6 Å². The van der Waals surface area contributed by atoms with Crippen molar-refractivity contribution in [1.29, 1.82) is 0 Å². The molecule has 0 amide bonds. The highest BCUT2D eigenvalue weighted by Crippen LogP contribution is 2.30. The van der Waals surface area contributed by atoms with Crippen LogP contribution >= 0.6 is 0 Å². The van der Waals surface area contributed by atoms with Crippen LogP contribution in [0.15, 0.2) is 65.6 Å². The van der Waals surface area contributed by atoms with E-state index in [9.17, 15) is 13.2 Å². The summed E-state index contributed by atoms with van der Waals surface area (Å²) >= 11 is 0. The molecule has 162 valence electrons. The largest absolute Gasteiger partial charge is 0.460 e. The van der Waals surface area contributed by atoms with Crippen LogP contribution in [0.4, 0.5) is 0 Å². The van der Waals surface area contributed by atoms with Crippen LogP contribution in [0, 0.1) is 0 Å². The second kappa shape index (κ2) is 9.75. The van der Waals surface area contributed by atoms with Gasteiger partial charge < -0.3 is 4.74 Å². The molecule has 3 rings (SSSR count). The highest BCUT2D eigenvalue weighted by atomic mass is 32.2. The first-order valence-corrected chi connectivity index (χ1v) is 12.0. The molecule has 1 atom stereocenters. The minimum absolute atomic E-state index is 0.187. The highest BCUT2D eigenvalue weighted by molar-refractivity contribution is 7.92. The molecule has 2 aromatic rings. The van der Waals surface area contributed by atoms with Gasteiger partial charge in [-0.15, -0.1) is 0 Å². The highest BCUT2D eigenvalue weighted by Gasteiger charge is 2.36. The Hall–Kier alpha value is -2.18. The predicted octanol–water partition coefficient (Wildman–Crippen LogP) is 4.23. The van der Waals surface area contributed by atoms with Crippen LogP contribution in [-0.2, 0) is 26.0 Å². The zero-order valence-electron chi connectivity index (χ0n) is 17.8. The number of likely N-dealkylation sites (tertiary alicyclic amines) is 1. The van der Waals surface area contributed by atoms with Crippen molar-refractivity contribution >= 4 is 15.8 Å². The smallest absolute Gasteiger partial charge is 0.323 e. The Balaban J connectivity index is 1.52. The van der Waals surface area contributed by atoms with Gasteiger partial charge in [0, 0.05) is 0 Å². The van der Waals surface area contributed by atoms with E-state index >= 15 is 0 Å². The number of carbonyl (C=O) groups is 1. The lowest BCUT2D eigenvalue weighted by atomic mass is 10.1. The molecular formula is C24H31NO4S. The van der Waals surface area contributed by atoms with Crippen LogP contribution in [0.2, 0.25) is 0 Å². The quantitative estimate of drug-likeness (QED) is 0.558. The number of hydrogen-bond acceptors (Lipinski definition) is 5. The number of rotatable bonds is 9. The third-order valence-corrected chi connectivity index (χ3v) is 8.42. The first kappa shape index (κ1) is 22.5. The summed E-state index contributed by atoms with van der Waals surface area (Å²) in [7, 11) is -3.41. The van der Waals surface area contributed by atoms with E-state index in [2.05, 4.69) is 4.90 Å². The summed E-state index contributed by atoms with van der Waals surface area (Å²) in [5.74, 6) is -0.187. The van der Waals surface area contributed by atoms with Crippen molar-refractivity contribution in [3.8, 4) is 0 Å². The standard InChI is InChI=1S/C24H31NO4S/c1-24(2,30(27,28)21-13-7-4-8-14-21)16-10-18-25-17-9-15-22(25)23(26)29-19-20-11-5-3-6-12-20/h3-8,11-14,22H,9-10,15-19H2,1-2H3/t22-/m0/s1. The molecule has 1 heterocycles. The van der Waals surface area contributed by atoms with Crippen molar-refractivity contribution in [1.82, 2.24) is 4.90 Å². The average molecular weight is 430 g/mol. The van der Waals surface area contributed by atoms with Gasteiger partial charge in [0.05, 0.1) is 9.64 Å². The minimum atomic E-state index is -3.41. The van der Waals surface area contributed by atoms with E-state index in [1.165, 1.54) is 0 Å². The number of ether oxygens (including phenoxy) is 1. The van der Waals surface area contributed by atoms with Crippen LogP contribution in [0.25, 0.3) is 0 Å². The van der Waals surface area contributed by atoms with Gasteiger partial charge in [-0.05, 0) is 70.3 Å². The summed E-state index contributed by atoms with van der Waals surface area (Å²) in [4.78, 5) is 15.1. The van der Waals surface area contributed by atoms with Crippen LogP contribution < -0.4 is 0 Å². The molecule has 5 nitrogen and oxygen atoms in total. The molecule has 0 bridgehead atoms. The number of sulfone groups is 1. The van der Waals surface area contributed by atoms with E-state index in [-0.39, 0.29) is 18.6 Å². The minimum Gasteiger partial charge on any atom is -0.460 e. The molecule has 1 saturated heterocycles. The van der Waals surface area contributed by atoms with Crippen molar-refractivity contribution in [2.45, 2.75) is 61.8 Å². The molecule has 0 aliphatic carbocycles. The van der Waals surface area contributed by atoms with Crippen molar-refractivity contribution in [2.24, 2.45) is 0 Å². The molecule has 0 aromatic heterocycles. The van der Waals surface area contributed by atoms with Gasteiger partial charge in [-0.1, -0.05) is 48.5 Å². The van der Waals surface area contributed by atoms with Gasteiger partial charge in [-0.3, -0.25) is 9.69 Å². The SMILES string of the molecule is CC(C)(CCCN1CCC[C@H]1C(=O)OCc1ccccc1)S(=O)(=O)c1ccccc1. The Morgan fingerprint density at radius 3 is 2.37 bits per heavy atom. The van der Waals surface area contributed by atoms with Gasteiger partial charge in [-0.2, -0.15) is 0 Å². The van der Waals surface area contributed by atoms with Gasteiger partial charge >= 0.3 is 5.97 Å². The zero-order valence-corrected chi connectivity index (χ0v) is 18.6. The van der Waals surface area contributed by atoms with Gasteiger partial charge in [-0.25, -0.2) is 8.42 Å². The monoisotopic (exact) mass is 429 g/mol. The summed E-state index contributed by atoms with van der Waals surface area (Å²) in [6.07, 6.45) is 2.99. The maximum Gasteiger partial charge on any atom is 0.323 e. The lowest BCUT2D eigenvalue weighted by Crippen LogP contribution is -2.39. The van der Waals surface area contributed by atoms with E-state index in [0.29, 0.717) is 24.3 Å². The van der Waals surface area contributed by atoms with E-state index in [1.807, 2.05) is 36.4 Å². The van der Waals surface area contributed by atoms with Crippen molar-refractivity contribution in [3.63, 3.8) is 0 Å². The maximum absolute atomic E-state index is 13.0. The summed E-state index contributed by atoms with van der Waals surface area (Å²) in [5, 5.41) is 0. The lowest BCUT2D eigenvalue weighted by Gasteiger charge is -2.27. The summed E-state index contributed by atoms with van der Waals surface area (Å²) in [5.41, 5.74) is 0.975. The van der Waals surface area contributed by atoms with Gasteiger partial charge in [0.2, 0.25) is 0 Å². The average Bonchev–Trinajstić information content (AvgIpc) is 3.22. The molecule has 0 unspecified atom stereocenters. The van der Waals surface area contributed by atoms with Crippen LogP contribution in [-0.4, -0.2) is 43.2 Å². The summed E-state index contributed by atoms with van der Waals surface area (Å²) in [6, 6.07) is 18.0. The third kappa shape index (κ3) is 5.29. The molecule has 0 N–H and O–H groups in total. The molecule has 1 fully saturated rings. The summed E-state index contributed by atoms with van der Waals surface area (Å²) in [6.45, 7) is 5.39. The number of nitrogens with zero attached hydrogens (tertiary/aromatic N) is 1. The molecule has 1 aliphatic heterocycles. The Morgan fingerprint density at radius 1 is 1.07 bits per heavy atom. The fraction of sp³-hybridized carbons (Fsp3) is 0.458. The third-order valence-electron chi connectivity index (χ3n) is 5.86. The fourth-order valence-corrected chi connectivity index (χ4v) is 5.51. The first-order valence-electron chi connectivity index (χ1n) is 10.6. The van der Waals surface area contributed by atoms with Gasteiger partial charge in [0.15, 0.2) is 9.84 Å². The predicted molar refractivity (Wildman–Crippen MR) is 118 cm³/mol. The van der Waals surface area contributed by atoms with Crippen molar-refractivity contribution in [2.75, 3.05) is 13.1 Å². The normalized spacial score (nSPS) is 17.7. The number of hydrogen-bond donors (Lipinski definition) is 0. The van der Waals surface area contributed by atoms with Crippen LogP contribution in [0.3, 0.4) is 0 Å². The second-order valence-corrected chi connectivity index (χ2v) is 11.1. The second-order valence-electron chi connectivity index (χ2n) is 8.47.